The summed E-state index contributed by atoms with van der Waals surface area (Å²) in [5.74, 6) is 4.72. The maximum Gasteiger partial charge on any atom is 0.0602 e. The Kier molecular flexibility index (Phi) is 11.5. The lowest BCUT2D eigenvalue weighted by Crippen LogP contribution is -1.82. The first kappa shape index (κ1) is 15.1. The minimum Gasteiger partial charge on any atom is -0.118 e. The van der Waals surface area contributed by atoms with E-state index in [1.54, 1.807) is 0 Å². The van der Waals surface area contributed by atoms with Gasteiger partial charge < -0.3 is 0 Å². The molecule has 0 radical (unpaired) electrons. The van der Waals surface area contributed by atoms with E-state index in [-0.39, 0.29) is 0 Å². The largest absolute Gasteiger partial charge is 0.118 e. The molecule has 0 fully saturated rings. The molecule has 0 aromatic rings. The highest BCUT2D eigenvalue weighted by molar-refractivity contribution is 8.28. The van der Waals surface area contributed by atoms with Crippen LogP contribution in [-0.4, -0.2) is 23.0 Å². The van der Waals surface area contributed by atoms with E-state index in [1.165, 1.54) is 31.5 Å². The lowest BCUT2D eigenvalue weighted by molar-refractivity contribution is 1.52. The van der Waals surface area contributed by atoms with Crippen LogP contribution in [0.5, 0.6) is 0 Å². The zero-order chi connectivity index (χ0) is 10.8. The molecule has 0 nitrogen and oxygen atoms in total. The van der Waals surface area contributed by atoms with Crippen molar-refractivity contribution in [3.63, 3.8) is 0 Å². The van der Waals surface area contributed by atoms with Gasteiger partial charge in [-0.15, -0.1) is 47.0 Å². The minimum atomic E-state index is 1.18. The van der Waals surface area contributed by atoms with Gasteiger partial charge >= 0.3 is 0 Å². The normalized spacial score (nSPS) is 10.3. The van der Waals surface area contributed by atoms with Crippen molar-refractivity contribution in [1.29, 1.82) is 0 Å². The molecule has 0 aliphatic rings. The monoisotopic (exact) mass is 268 g/mol. The van der Waals surface area contributed by atoms with E-state index < -0.39 is 0 Å². The van der Waals surface area contributed by atoms with Gasteiger partial charge in [0.1, 0.15) is 0 Å². The second-order valence-electron chi connectivity index (χ2n) is 2.31. The van der Waals surface area contributed by atoms with E-state index in [9.17, 15) is 0 Å². The average molecular weight is 269 g/mol. The quantitative estimate of drug-likeness (QED) is 0.598. The Morgan fingerprint density at radius 3 is 0.929 bits per heavy atom. The van der Waals surface area contributed by atoms with E-state index in [0.29, 0.717) is 0 Å². The third-order valence-electron chi connectivity index (χ3n) is 1.27. The second kappa shape index (κ2) is 10.7. The maximum absolute atomic E-state index is 2.23. The van der Waals surface area contributed by atoms with E-state index >= 15 is 0 Å². The Labute approximate surface area is 106 Å². The van der Waals surface area contributed by atoms with Gasteiger partial charge in [0, 0.05) is 0 Å². The van der Waals surface area contributed by atoms with Gasteiger partial charge in [-0.05, 0) is 23.0 Å². The first-order valence-electron chi connectivity index (χ1n) is 5.05. The van der Waals surface area contributed by atoms with E-state index in [0.717, 1.165) is 0 Å². The molecule has 84 valence electrons. The number of rotatable bonds is 8. The summed E-state index contributed by atoms with van der Waals surface area (Å²) in [5.41, 5.74) is 0. The average Bonchev–Trinajstić information content (AvgIpc) is 2.17. The molecule has 0 aromatic carbocycles. The fourth-order valence-corrected chi connectivity index (χ4v) is 5.86. The molecular weight excluding hydrogens is 248 g/mol. The van der Waals surface area contributed by atoms with Crippen LogP contribution in [0.2, 0.25) is 0 Å². The Bertz CT molecular complexity index is 132. The molecule has 0 amide bonds. The molecule has 0 unspecified atom stereocenters. The van der Waals surface area contributed by atoms with Crippen LogP contribution in [0.3, 0.4) is 0 Å². The molecule has 4 heteroatoms. The lowest BCUT2D eigenvalue weighted by atomic mass is 11.0. The second-order valence-corrected chi connectivity index (χ2v) is 7.92. The molecule has 14 heavy (non-hydrogen) atoms. The molecular formula is C10H20S4. The van der Waals surface area contributed by atoms with Crippen molar-refractivity contribution < 1.29 is 0 Å². The topological polar surface area (TPSA) is 0 Å². The summed E-state index contributed by atoms with van der Waals surface area (Å²) in [6.07, 6.45) is 0. The third kappa shape index (κ3) is 6.59. The summed E-state index contributed by atoms with van der Waals surface area (Å²) >= 11 is 7.96. The van der Waals surface area contributed by atoms with Gasteiger partial charge in [-0.25, -0.2) is 0 Å². The van der Waals surface area contributed by atoms with Crippen LogP contribution in [0.15, 0.2) is 8.47 Å². The van der Waals surface area contributed by atoms with Crippen LogP contribution >= 0.6 is 47.0 Å². The van der Waals surface area contributed by atoms with Crippen LogP contribution in [0.1, 0.15) is 27.7 Å². The van der Waals surface area contributed by atoms with Gasteiger partial charge in [0.05, 0.1) is 8.47 Å². The van der Waals surface area contributed by atoms with Gasteiger partial charge in [-0.1, -0.05) is 27.7 Å². The van der Waals surface area contributed by atoms with Crippen molar-refractivity contribution in [3.8, 4) is 0 Å². The minimum absolute atomic E-state index is 1.18. The van der Waals surface area contributed by atoms with Crippen molar-refractivity contribution >= 4 is 47.0 Å². The highest BCUT2D eigenvalue weighted by Gasteiger charge is 2.07. The summed E-state index contributed by atoms with van der Waals surface area (Å²) in [4.78, 5) is 0. The number of hydrogen-bond acceptors (Lipinski definition) is 4. The number of hydrogen-bond donors (Lipinski definition) is 0. The number of thioether (sulfide) groups is 4. The zero-order valence-corrected chi connectivity index (χ0v) is 12.7. The molecule has 0 spiro atoms. The molecule has 0 aromatic heterocycles. The van der Waals surface area contributed by atoms with Crippen molar-refractivity contribution in [3.05, 3.63) is 8.47 Å². The van der Waals surface area contributed by atoms with Crippen molar-refractivity contribution in [2.75, 3.05) is 23.0 Å². The molecule has 0 aliphatic carbocycles. The molecule has 0 saturated carbocycles. The summed E-state index contributed by atoms with van der Waals surface area (Å²) in [6.45, 7) is 8.91. The molecule has 0 heterocycles. The highest BCUT2D eigenvalue weighted by atomic mass is 32.2. The molecule has 0 aliphatic heterocycles. The Balaban J connectivity index is 4.45. The predicted octanol–water partition coefficient (Wildman–Crippen LogP) is 5.13. The highest BCUT2D eigenvalue weighted by Crippen LogP contribution is 2.41. The molecule has 0 N–H and O–H groups in total. The smallest absolute Gasteiger partial charge is 0.0602 e. The van der Waals surface area contributed by atoms with Crippen molar-refractivity contribution in [2.24, 2.45) is 0 Å². The Hall–Kier alpha value is 1.14. The van der Waals surface area contributed by atoms with E-state index in [2.05, 4.69) is 27.7 Å². The maximum atomic E-state index is 2.23. The van der Waals surface area contributed by atoms with Crippen LogP contribution in [0.25, 0.3) is 0 Å². The van der Waals surface area contributed by atoms with Gasteiger partial charge in [0.25, 0.3) is 0 Å². The van der Waals surface area contributed by atoms with Crippen molar-refractivity contribution in [1.82, 2.24) is 0 Å². The Morgan fingerprint density at radius 2 is 0.786 bits per heavy atom. The molecule has 0 saturated heterocycles. The molecule has 0 rings (SSSR count). The summed E-state index contributed by atoms with van der Waals surface area (Å²) in [6, 6.07) is 0. The van der Waals surface area contributed by atoms with Gasteiger partial charge in [0.15, 0.2) is 0 Å². The molecule has 0 atom stereocenters. The first-order chi connectivity index (χ1) is 6.79. The van der Waals surface area contributed by atoms with Gasteiger partial charge in [0.2, 0.25) is 0 Å². The fraction of sp³-hybridized carbons (Fsp3) is 0.800. The third-order valence-corrected chi connectivity index (χ3v) is 6.22. The van der Waals surface area contributed by atoms with Gasteiger partial charge in [-0.3, -0.25) is 0 Å². The summed E-state index contributed by atoms with van der Waals surface area (Å²) in [5, 5.41) is 0. The van der Waals surface area contributed by atoms with Crippen LogP contribution < -0.4 is 0 Å². The fourth-order valence-electron chi connectivity index (χ4n) is 0.843. The first-order valence-corrected chi connectivity index (χ1v) is 8.99. The van der Waals surface area contributed by atoms with Crippen LogP contribution in [0, 0.1) is 0 Å². The molecule has 0 bridgehead atoms. The standard InChI is InChI=1S/C10H20S4/c1-5-11-9(12-6-2)10(13-7-3)14-8-4/h5-8H2,1-4H3. The van der Waals surface area contributed by atoms with Crippen LogP contribution in [-0.2, 0) is 0 Å². The van der Waals surface area contributed by atoms with Crippen LogP contribution in [0.4, 0.5) is 0 Å². The van der Waals surface area contributed by atoms with E-state index in [1.807, 2.05) is 47.0 Å². The summed E-state index contributed by atoms with van der Waals surface area (Å²) < 4.78 is 3.07. The van der Waals surface area contributed by atoms with E-state index in [4.69, 9.17) is 0 Å². The Morgan fingerprint density at radius 1 is 0.571 bits per heavy atom. The lowest BCUT2D eigenvalue weighted by Gasteiger charge is -2.11. The summed E-state index contributed by atoms with van der Waals surface area (Å²) in [7, 11) is 0. The predicted molar refractivity (Wildman–Crippen MR) is 79.6 cm³/mol. The van der Waals surface area contributed by atoms with Gasteiger partial charge in [-0.2, -0.15) is 0 Å². The zero-order valence-electron chi connectivity index (χ0n) is 9.46. The van der Waals surface area contributed by atoms with Crippen molar-refractivity contribution in [2.45, 2.75) is 27.7 Å². The SMILES string of the molecule is CCSC(SCC)=C(SCC)SCC.